The molecule has 1 aromatic rings. The number of halogens is 1. The fourth-order valence-corrected chi connectivity index (χ4v) is 2.59. The molecule has 0 aromatic heterocycles. The standard InChI is InChI=1S/C15H19FN2O3/c1-2-18-8-10(7-11(9-18)15(20)21)14(19)17-13-5-3-12(16)4-6-13/h3-6,10-11H,2,7-9H2,1H3,(H,17,19)(H,20,21)/t10-,11+/m1/s1. The Balaban J connectivity index is 2.03. The van der Waals surface area contributed by atoms with E-state index in [0.29, 0.717) is 31.7 Å². The van der Waals surface area contributed by atoms with Crippen LogP contribution in [0.15, 0.2) is 24.3 Å². The summed E-state index contributed by atoms with van der Waals surface area (Å²) >= 11 is 0. The van der Waals surface area contributed by atoms with Gasteiger partial charge in [0.1, 0.15) is 5.82 Å². The number of hydrogen-bond donors (Lipinski definition) is 2. The molecule has 114 valence electrons. The van der Waals surface area contributed by atoms with Gasteiger partial charge >= 0.3 is 5.97 Å². The minimum Gasteiger partial charge on any atom is -0.481 e. The average molecular weight is 294 g/mol. The average Bonchev–Trinajstić information content (AvgIpc) is 2.49. The molecular formula is C15H19FN2O3. The summed E-state index contributed by atoms with van der Waals surface area (Å²) in [5.74, 6) is -2.35. The van der Waals surface area contributed by atoms with Gasteiger partial charge in [0.05, 0.1) is 11.8 Å². The molecule has 2 atom stereocenters. The van der Waals surface area contributed by atoms with E-state index in [0.717, 1.165) is 0 Å². The normalized spacial score (nSPS) is 22.8. The van der Waals surface area contributed by atoms with E-state index < -0.39 is 11.9 Å². The maximum Gasteiger partial charge on any atom is 0.307 e. The topological polar surface area (TPSA) is 69.6 Å². The first-order chi connectivity index (χ1) is 9.99. The van der Waals surface area contributed by atoms with Crippen molar-refractivity contribution in [3.8, 4) is 0 Å². The lowest BCUT2D eigenvalue weighted by molar-refractivity contribution is -0.145. The lowest BCUT2D eigenvalue weighted by atomic mass is 9.88. The van der Waals surface area contributed by atoms with E-state index in [1.165, 1.54) is 24.3 Å². The van der Waals surface area contributed by atoms with E-state index >= 15 is 0 Å². The maximum atomic E-state index is 12.8. The van der Waals surface area contributed by atoms with E-state index in [4.69, 9.17) is 0 Å². The van der Waals surface area contributed by atoms with Crippen molar-refractivity contribution in [3.63, 3.8) is 0 Å². The number of benzene rings is 1. The Labute approximate surface area is 122 Å². The van der Waals surface area contributed by atoms with Crippen molar-refractivity contribution >= 4 is 17.6 Å². The quantitative estimate of drug-likeness (QED) is 0.888. The Kier molecular flexibility index (Phi) is 4.90. The number of carbonyl (C=O) groups excluding carboxylic acids is 1. The Hall–Kier alpha value is -1.95. The third-order valence-corrected chi connectivity index (χ3v) is 3.81. The molecule has 6 heteroatoms. The number of anilines is 1. The highest BCUT2D eigenvalue weighted by atomic mass is 19.1. The number of amides is 1. The van der Waals surface area contributed by atoms with Crippen LogP contribution >= 0.6 is 0 Å². The van der Waals surface area contributed by atoms with Crippen LogP contribution in [0.2, 0.25) is 0 Å². The first-order valence-corrected chi connectivity index (χ1v) is 7.01. The maximum absolute atomic E-state index is 12.8. The minimum atomic E-state index is -0.868. The molecule has 1 amide bonds. The second kappa shape index (κ2) is 6.67. The Morgan fingerprint density at radius 3 is 2.48 bits per heavy atom. The Bertz CT molecular complexity index is 518. The van der Waals surface area contributed by atoms with Crippen LogP contribution in [0.1, 0.15) is 13.3 Å². The SMILES string of the molecule is CCN1C[C@@H](C(=O)O)C[C@@H](C(=O)Nc2ccc(F)cc2)C1. The fraction of sp³-hybridized carbons (Fsp3) is 0.467. The molecule has 1 saturated heterocycles. The molecule has 0 saturated carbocycles. The molecule has 5 nitrogen and oxygen atoms in total. The molecule has 1 aliphatic heterocycles. The molecule has 2 N–H and O–H groups in total. The first-order valence-electron chi connectivity index (χ1n) is 7.01. The Morgan fingerprint density at radius 2 is 1.90 bits per heavy atom. The molecule has 0 radical (unpaired) electrons. The van der Waals surface area contributed by atoms with Crippen LogP contribution < -0.4 is 5.32 Å². The van der Waals surface area contributed by atoms with Gasteiger partial charge in [-0.3, -0.25) is 9.59 Å². The number of likely N-dealkylation sites (tertiary alicyclic amines) is 1. The highest BCUT2D eigenvalue weighted by molar-refractivity contribution is 5.93. The third-order valence-electron chi connectivity index (χ3n) is 3.81. The molecule has 1 heterocycles. The van der Waals surface area contributed by atoms with Crippen molar-refractivity contribution in [2.45, 2.75) is 13.3 Å². The monoisotopic (exact) mass is 294 g/mol. The molecule has 1 aromatic carbocycles. The van der Waals surface area contributed by atoms with Gasteiger partial charge in [0.25, 0.3) is 0 Å². The number of carbonyl (C=O) groups is 2. The number of nitrogens with zero attached hydrogens (tertiary/aromatic N) is 1. The number of piperidine rings is 1. The molecular weight excluding hydrogens is 275 g/mol. The second-order valence-corrected chi connectivity index (χ2v) is 5.32. The number of nitrogens with one attached hydrogen (secondary N) is 1. The van der Waals surface area contributed by atoms with Crippen LogP contribution in [0, 0.1) is 17.7 Å². The molecule has 1 fully saturated rings. The zero-order valence-corrected chi connectivity index (χ0v) is 11.9. The van der Waals surface area contributed by atoms with Gasteiger partial charge < -0.3 is 15.3 Å². The van der Waals surface area contributed by atoms with Crippen molar-refractivity contribution in [1.82, 2.24) is 4.90 Å². The molecule has 0 spiro atoms. The minimum absolute atomic E-state index is 0.217. The summed E-state index contributed by atoms with van der Waals surface area (Å²) in [7, 11) is 0. The number of carboxylic acids is 1. The van der Waals surface area contributed by atoms with Gasteiger partial charge in [-0.25, -0.2) is 4.39 Å². The summed E-state index contributed by atoms with van der Waals surface area (Å²) in [6.07, 6.45) is 0.332. The van der Waals surface area contributed by atoms with Crippen LogP contribution in [-0.2, 0) is 9.59 Å². The predicted molar refractivity (Wildman–Crippen MR) is 76.4 cm³/mol. The third kappa shape index (κ3) is 4.01. The van der Waals surface area contributed by atoms with Crippen molar-refractivity contribution in [1.29, 1.82) is 0 Å². The summed E-state index contributed by atoms with van der Waals surface area (Å²) in [6, 6.07) is 5.52. The van der Waals surface area contributed by atoms with E-state index in [1.807, 2.05) is 11.8 Å². The molecule has 0 unspecified atom stereocenters. The molecule has 1 aliphatic rings. The Morgan fingerprint density at radius 1 is 1.29 bits per heavy atom. The zero-order chi connectivity index (χ0) is 15.4. The van der Waals surface area contributed by atoms with Gasteiger partial charge in [-0.2, -0.15) is 0 Å². The van der Waals surface area contributed by atoms with E-state index in [9.17, 15) is 19.1 Å². The van der Waals surface area contributed by atoms with Gasteiger partial charge in [-0.05, 0) is 37.2 Å². The second-order valence-electron chi connectivity index (χ2n) is 5.32. The van der Waals surface area contributed by atoms with Crippen LogP contribution in [0.4, 0.5) is 10.1 Å². The summed E-state index contributed by atoms with van der Waals surface area (Å²) < 4.78 is 12.8. The van der Waals surface area contributed by atoms with Crippen LogP contribution in [0.5, 0.6) is 0 Å². The number of rotatable bonds is 4. The fourth-order valence-electron chi connectivity index (χ4n) is 2.59. The number of hydrogen-bond acceptors (Lipinski definition) is 3. The lowest BCUT2D eigenvalue weighted by Crippen LogP contribution is -2.46. The van der Waals surface area contributed by atoms with E-state index in [1.54, 1.807) is 0 Å². The van der Waals surface area contributed by atoms with Crippen LogP contribution in [0.25, 0.3) is 0 Å². The molecule has 21 heavy (non-hydrogen) atoms. The lowest BCUT2D eigenvalue weighted by Gasteiger charge is -2.34. The molecule has 2 rings (SSSR count). The summed E-state index contributed by atoms with van der Waals surface area (Å²) in [5, 5.41) is 11.9. The van der Waals surface area contributed by atoms with Gasteiger partial charge in [-0.1, -0.05) is 6.92 Å². The van der Waals surface area contributed by atoms with E-state index in [2.05, 4.69) is 5.32 Å². The zero-order valence-electron chi connectivity index (χ0n) is 11.9. The van der Waals surface area contributed by atoms with Crippen molar-refractivity contribution in [2.75, 3.05) is 25.0 Å². The number of carboxylic acid groups (broad SMARTS) is 1. The van der Waals surface area contributed by atoms with Crippen LogP contribution in [0.3, 0.4) is 0 Å². The van der Waals surface area contributed by atoms with E-state index in [-0.39, 0.29) is 17.6 Å². The smallest absolute Gasteiger partial charge is 0.307 e. The largest absolute Gasteiger partial charge is 0.481 e. The molecule has 0 bridgehead atoms. The summed E-state index contributed by atoms with van der Waals surface area (Å²) in [6.45, 7) is 3.68. The van der Waals surface area contributed by atoms with Gasteiger partial charge in [0, 0.05) is 18.8 Å². The highest BCUT2D eigenvalue weighted by Gasteiger charge is 2.34. The van der Waals surface area contributed by atoms with Crippen LogP contribution in [-0.4, -0.2) is 41.5 Å². The van der Waals surface area contributed by atoms with Gasteiger partial charge in [0.2, 0.25) is 5.91 Å². The van der Waals surface area contributed by atoms with Crippen molar-refractivity contribution in [2.24, 2.45) is 11.8 Å². The van der Waals surface area contributed by atoms with Crippen molar-refractivity contribution in [3.05, 3.63) is 30.1 Å². The summed E-state index contributed by atoms with van der Waals surface area (Å²) in [5.41, 5.74) is 0.516. The van der Waals surface area contributed by atoms with Gasteiger partial charge in [0.15, 0.2) is 0 Å². The van der Waals surface area contributed by atoms with Gasteiger partial charge in [-0.15, -0.1) is 0 Å². The highest BCUT2D eigenvalue weighted by Crippen LogP contribution is 2.23. The predicted octanol–water partition coefficient (Wildman–Crippen LogP) is 1.81. The summed E-state index contributed by atoms with van der Waals surface area (Å²) in [4.78, 5) is 25.4. The van der Waals surface area contributed by atoms with Crippen molar-refractivity contribution < 1.29 is 19.1 Å². The molecule has 0 aliphatic carbocycles. The number of aliphatic carboxylic acids is 1. The first kappa shape index (κ1) is 15.4.